The predicted molar refractivity (Wildman–Crippen MR) is 71.7 cm³/mol. The van der Waals surface area contributed by atoms with Crippen molar-refractivity contribution in [2.24, 2.45) is 17.8 Å². The number of carbonyl (C=O) groups excluding carboxylic acids is 1. The molecule has 3 atom stereocenters. The predicted octanol–water partition coefficient (Wildman–Crippen LogP) is 0.945. The van der Waals surface area contributed by atoms with Crippen LogP contribution in [-0.4, -0.2) is 48.1 Å². The van der Waals surface area contributed by atoms with E-state index < -0.39 is 11.9 Å². The fourth-order valence-corrected chi connectivity index (χ4v) is 3.33. The first kappa shape index (κ1) is 14.3. The fraction of sp³-hybridized carbons (Fsp3) is 0.857. The van der Waals surface area contributed by atoms with Crippen molar-refractivity contribution in [1.29, 1.82) is 0 Å². The summed E-state index contributed by atoms with van der Waals surface area (Å²) in [6.45, 7) is 5.78. The number of amides is 1. The molecule has 0 aromatic rings. The van der Waals surface area contributed by atoms with E-state index in [1.54, 1.807) is 0 Å². The highest BCUT2D eigenvalue weighted by Gasteiger charge is 2.40. The average Bonchev–Trinajstić information content (AvgIpc) is 2.98. The number of carbonyl (C=O) groups is 2. The van der Waals surface area contributed by atoms with Crippen LogP contribution in [0.25, 0.3) is 0 Å². The molecule has 108 valence electrons. The summed E-state index contributed by atoms with van der Waals surface area (Å²) in [5, 5.41) is 12.1. The molecule has 1 amide bonds. The lowest BCUT2D eigenvalue weighted by Gasteiger charge is -2.18. The second-order valence-electron chi connectivity index (χ2n) is 5.97. The highest BCUT2D eigenvalue weighted by atomic mass is 16.4. The Balaban J connectivity index is 1.76. The topological polar surface area (TPSA) is 69.6 Å². The summed E-state index contributed by atoms with van der Waals surface area (Å²) in [6.07, 6.45) is 3.82. The molecule has 0 bridgehead atoms. The monoisotopic (exact) mass is 268 g/mol. The lowest BCUT2D eigenvalue weighted by Crippen LogP contribution is -2.39. The van der Waals surface area contributed by atoms with Crippen molar-refractivity contribution in [2.75, 3.05) is 26.2 Å². The van der Waals surface area contributed by atoms with Crippen molar-refractivity contribution in [2.45, 2.75) is 32.6 Å². The number of carboxylic acid groups (broad SMARTS) is 1. The lowest BCUT2D eigenvalue weighted by atomic mass is 9.95. The minimum Gasteiger partial charge on any atom is -0.481 e. The quantitative estimate of drug-likeness (QED) is 0.779. The molecule has 2 fully saturated rings. The molecule has 5 heteroatoms. The van der Waals surface area contributed by atoms with E-state index in [4.69, 9.17) is 5.11 Å². The first-order valence-corrected chi connectivity index (χ1v) is 7.31. The van der Waals surface area contributed by atoms with Gasteiger partial charge in [0.15, 0.2) is 0 Å². The van der Waals surface area contributed by atoms with E-state index in [0.29, 0.717) is 25.3 Å². The Labute approximate surface area is 114 Å². The summed E-state index contributed by atoms with van der Waals surface area (Å²) in [6, 6.07) is 0. The van der Waals surface area contributed by atoms with Gasteiger partial charge in [0.25, 0.3) is 0 Å². The second kappa shape index (κ2) is 6.37. The summed E-state index contributed by atoms with van der Waals surface area (Å²) in [5.74, 6) is -1.41. The van der Waals surface area contributed by atoms with Gasteiger partial charge in [-0.05, 0) is 44.7 Å². The Bertz CT molecular complexity index is 340. The van der Waals surface area contributed by atoms with Gasteiger partial charge in [-0.25, -0.2) is 0 Å². The van der Waals surface area contributed by atoms with Gasteiger partial charge >= 0.3 is 5.97 Å². The average molecular weight is 268 g/mol. The molecule has 5 nitrogen and oxygen atoms in total. The number of carboxylic acids is 1. The van der Waals surface area contributed by atoms with Crippen molar-refractivity contribution < 1.29 is 14.7 Å². The van der Waals surface area contributed by atoms with Crippen LogP contribution in [0.3, 0.4) is 0 Å². The van der Waals surface area contributed by atoms with Crippen LogP contribution in [0.15, 0.2) is 0 Å². The summed E-state index contributed by atoms with van der Waals surface area (Å²) in [5.41, 5.74) is 0. The van der Waals surface area contributed by atoms with E-state index >= 15 is 0 Å². The van der Waals surface area contributed by atoms with Crippen molar-refractivity contribution >= 4 is 11.9 Å². The molecule has 2 aliphatic rings. The molecular weight excluding hydrogens is 244 g/mol. The first-order valence-electron chi connectivity index (χ1n) is 7.31. The van der Waals surface area contributed by atoms with E-state index in [9.17, 15) is 9.59 Å². The molecule has 1 saturated heterocycles. The molecule has 0 spiro atoms. The standard InChI is InChI=1S/C14H24N2O3/c1-10-8-11(12(9-10)14(18)19)13(17)15-4-7-16-5-2-3-6-16/h10-12H,2-9H2,1H3,(H,15,17)(H,18,19). The fourth-order valence-electron chi connectivity index (χ4n) is 3.33. The molecule has 1 aliphatic heterocycles. The first-order chi connectivity index (χ1) is 9.08. The molecule has 3 unspecified atom stereocenters. The van der Waals surface area contributed by atoms with Crippen LogP contribution < -0.4 is 5.32 Å². The number of likely N-dealkylation sites (tertiary alicyclic amines) is 1. The second-order valence-corrected chi connectivity index (χ2v) is 5.97. The zero-order valence-corrected chi connectivity index (χ0v) is 11.6. The van der Waals surface area contributed by atoms with E-state index in [1.165, 1.54) is 12.8 Å². The van der Waals surface area contributed by atoms with Gasteiger partial charge in [-0.1, -0.05) is 6.92 Å². The smallest absolute Gasteiger partial charge is 0.307 e. The number of hydrogen-bond donors (Lipinski definition) is 2. The Kier molecular flexibility index (Phi) is 4.80. The molecule has 0 aromatic carbocycles. The SMILES string of the molecule is CC1CC(C(=O)O)C(C(=O)NCCN2CCCC2)C1. The minimum atomic E-state index is -0.830. The van der Waals surface area contributed by atoms with Gasteiger partial charge in [0.1, 0.15) is 0 Å². The third-order valence-electron chi connectivity index (χ3n) is 4.38. The van der Waals surface area contributed by atoms with Crippen molar-refractivity contribution in [1.82, 2.24) is 10.2 Å². The third kappa shape index (κ3) is 3.69. The highest BCUT2D eigenvalue weighted by molar-refractivity contribution is 5.85. The van der Waals surface area contributed by atoms with Gasteiger partial charge in [-0.3, -0.25) is 9.59 Å². The van der Waals surface area contributed by atoms with Crippen molar-refractivity contribution in [3.8, 4) is 0 Å². The van der Waals surface area contributed by atoms with Crippen LogP contribution in [0.2, 0.25) is 0 Å². The van der Waals surface area contributed by atoms with Gasteiger partial charge in [-0.2, -0.15) is 0 Å². The minimum absolute atomic E-state index is 0.0732. The Morgan fingerprint density at radius 2 is 1.84 bits per heavy atom. The lowest BCUT2D eigenvalue weighted by molar-refractivity contribution is -0.146. The molecule has 1 aliphatic carbocycles. The maximum absolute atomic E-state index is 12.1. The molecule has 1 heterocycles. The Morgan fingerprint density at radius 3 is 2.47 bits per heavy atom. The Morgan fingerprint density at radius 1 is 1.21 bits per heavy atom. The van der Waals surface area contributed by atoms with E-state index in [2.05, 4.69) is 10.2 Å². The zero-order chi connectivity index (χ0) is 13.8. The van der Waals surface area contributed by atoms with Gasteiger partial charge in [-0.15, -0.1) is 0 Å². The van der Waals surface area contributed by atoms with Gasteiger partial charge < -0.3 is 15.3 Å². The van der Waals surface area contributed by atoms with Crippen LogP contribution in [-0.2, 0) is 9.59 Å². The molecule has 19 heavy (non-hydrogen) atoms. The number of nitrogens with zero attached hydrogens (tertiary/aromatic N) is 1. The maximum Gasteiger partial charge on any atom is 0.307 e. The Hall–Kier alpha value is -1.10. The van der Waals surface area contributed by atoms with E-state index in [-0.39, 0.29) is 11.8 Å². The van der Waals surface area contributed by atoms with Crippen LogP contribution >= 0.6 is 0 Å². The van der Waals surface area contributed by atoms with Gasteiger partial charge in [0.2, 0.25) is 5.91 Å². The van der Waals surface area contributed by atoms with Crippen LogP contribution in [0.5, 0.6) is 0 Å². The molecular formula is C14H24N2O3. The van der Waals surface area contributed by atoms with E-state index in [1.807, 2.05) is 6.92 Å². The van der Waals surface area contributed by atoms with Crippen LogP contribution in [0.4, 0.5) is 0 Å². The number of hydrogen-bond acceptors (Lipinski definition) is 3. The molecule has 1 saturated carbocycles. The largest absolute Gasteiger partial charge is 0.481 e. The third-order valence-corrected chi connectivity index (χ3v) is 4.38. The number of rotatable bonds is 5. The van der Waals surface area contributed by atoms with Crippen molar-refractivity contribution in [3.05, 3.63) is 0 Å². The normalized spacial score (nSPS) is 31.5. The molecule has 0 aromatic heterocycles. The van der Waals surface area contributed by atoms with Gasteiger partial charge in [0.05, 0.1) is 11.8 Å². The summed E-state index contributed by atoms with van der Waals surface area (Å²) in [7, 11) is 0. The molecule has 2 N–H and O–H groups in total. The molecule has 0 radical (unpaired) electrons. The van der Waals surface area contributed by atoms with E-state index in [0.717, 1.165) is 19.6 Å². The van der Waals surface area contributed by atoms with Crippen LogP contribution in [0.1, 0.15) is 32.6 Å². The zero-order valence-electron chi connectivity index (χ0n) is 11.6. The highest BCUT2D eigenvalue weighted by Crippen LogP contribution is 2.36. The van der Waals surface area contributed by atoms with Gasteiger partial charge in [0, 0.05) is 13.1 Å². The van der Waals surface area contributed by atoms with Crippen molar-refractivity contribution in [3.63, 3.8) is 0 Å². The summed E-state index contributed by atoms with van der Waals surface area (Å²) >= 11 is 0. The summed E-state index contributed by atoms with van der Waals surface area (Å²) < 4.78 is 0. The van der Waals surface area contributed by atoms with Crippen LogP contribution in [0, 0.1) is 17.8 Å². The summed E-state index contributed by atoms with van der Waals surface area (Å²) in [4.78, 5) is 25.6. The number of aliphatic carboxylic acids is 1. The maximum atomic E-state index is 12.1. The number of nitrogens with one attached hydrogen (secondary N) is 1. The molecule has 2 rings (SSSR count).